The smallest absolute Gasteiger partial charge is 0.301 e. The molecule has 1 atom stereocenters. The minimum absolute atomic E-state index is 0.195. The first-order chi connectivity index (χ1) is 8.81. The Morgan fingerprint density at radius 1 is 1.26 bits per heavy atom. The van der Waals surface area contributed by atoms with Gasteiger partial charge in [0.25, 0.3) is 0 Å². The van der Waals surface area contributed by atoms with E-state index in [0.717, 1.165) is 10.6 Å². The average Bonchev–Trinajstić information content (AvgIpc) is 2.61. The van der Waals surface area contributed by atoms with E-state index in [4.69, 9.17) is 10.0 Å². The lowest BCUT2D eigenvalue weighted by molar-refractivity contribution is 0.0652. The van der Waals surface area contributed by atoms with Gasteiger partial charge in [0.15, 0.2) is 0 Å². The molecule has 0 saturated carbocycles. The number of nitrogens with zero attached hydrogens (tertiary/aromatic N) is 1. The SMILES string of the molecule is Cc1cc(C)c(S(=O)(=O)OC2NC=CN2N)c(C)c1. The minimum Gasteiger partial charge on any atom is -0.346 e. The molecule has 0 amide bonds. The Morgan fingerprint density at radius 3 is 2.32 bits per heavy atom. The van der Waals surface area contributed by atoms with Gasteiger partial charge in [-0.2, -0.15) is 8.42 Å². The Kier molecular flexibility index (Phi) is 3.53. The van der Waals surface area contributed by atoms with E-state index in [9.17, 15) is 8.42 Å². The summed E-state index contributed by atoms with van der Waals surface area (Å²) < 4.78 is 29.7. The van der Waals surface area contributed by atoms with E-state index in [2.05, 4.69) is 5.32 Å². The molecule has 1 aliphatic heterocycles. The lowest BCUT2D eigenvalue weighted by Crippen LogP contribution is -2.43. The van der Waals surface area contributed by atoms with Crippen LogP contribution in [0.1, 0.15) is 16.7 Å². The Hall–Kier alpha value is -1.57. The molecule has 7 heteroatoms. The van der Waals surface area contributed by atoms with E-state index in [1.807, 2.05) is 19.1 Å². The third-order valence-electron chi connectivity index (χ3n) is 2.83. The summed E-state index contributed by atoms with van der Waals surface area (Å²) in [5.74, 6) is 5.56. The third-order valence-corrected chi connectivity index (χ3v) is 4.41. The number of hydrazine groups is 1. The highest BCUT2D eigenvalue weighted by molar-refractivity contribution is 7.86. The van der Waals surface area contributed by atoms with Crippen molar-refractivity contribution in [2.45, 2.75) is 32.0 Å². The summed E-state index contributed by atoms with van der Waals surface area (Å²) in [6.45, 7) is 5.41. The van der Waals surface area contributed by atoms with Crippen LogP contribution in [0.15, 0.2) is 29.4 Å². The van der Waals surface area contributed by atoms with Gasteiger partial charge < -0.3 is 5.32 Å². The van der Waals surface area contributed by atoms with Crippen molar-refractivity contribution in [1.29, 1.82) is 0 Å². The normalized spacial score (nSPS) is 18.7. The zero-order chi connectivity index (χ0) is 14.2. The van der Waals surface area contributed by atoms with Crippen molar-refractivity contribution < 1.29 is 12.6 Å². The molecule has 0 radical (unpaired) electrons. The second-order valence-corrected chi connectivity index (χ2v) is 6.07. The number of nitrogens with one attached hydrogen (secondary N) is 1. The van der Waals surface area contributed by atoms with Gasteiger partial charge in [0, 0.05) is 12.4 Å². The van der Waals surface area contributed by atoms with Crippen molar-refractivity contribution in [3.8, 4) is 0 Å². The van der Waals surface area contributed by atoms with Crippen LogP contribution < -0.4 is 11.2 Å². The van der Waals surface area contributed by atoms with Gasteiger partial charge in [0.05, 0.1) is 0 Å². The fourth-order valence-corrected chi connectivity index (χ4v) is 3.58. The quantitative estimate of drug-likeness (QED) is 0.632. The number of aryl methyl sites for hydroxylation is 3. The van der Waals surface area contributed by atoms with E-state index >= 15 is 0 Å². The molecular weight excluding hydrogens is 266 g/mol. The molecule has 0 saturated heterocycles. The Labute approximate surface area is 112 Å². The van der Waals surface area contributed by atoms with Crippen molar-refractivity contribution in [1.82, 2.24) is 10.3 Å². The van der Waals surface area contributed by atoms with Gasteiger partial charge in [0.2, 0.25) is 6.35 Å². The topological polar surface area (TPSA) is 84.7 Å². The molecule has 1 aromatic carbocycles. The monoisotopic (exact) mass is 283 g/mol. The Morgan fingerprint density at radius 2 is 1.84 bits per heavy atom. The Bertz CT molecular complexity index is 602. The van der Waals surface area contributed by atoms with Gasteiger partial charge in [0.1, 0.15) is 4.90 Å². The molecule has 0 fully saturated rings. The molecule has 6 nitrogen and oxygen atoms in total. The van der Waals surface area contributed by atoms with E-state index in [-0.39, 0.29) is 4.90 Å². The van der Waals surface area contributed by atoms with Crippen LogP contribution in [-0.2, 0) is 14.3 Å². The number of rotatable bonds is 3. The molecule has 3 N–H and O–H groups in total. The van der Waals surface area contributed by atoms with Crippen LogP contribution in [0.25, 0.3) is 0 Å². The van der Waals surface area contributed by atoms with Crippen LogP contribution in [0, 0.1) is 20.8 Å². The summed E-state index contributed by atoms with van der Waals surface area (Å²) in [5, 5.41) is 3.85. The lowest BCUT2D eigenvalue weighted by Gasteiger charge is -2.21. The average molecular weight is 283 g/mol. The molecule has 1 unspecified atom stereocenters. The molecule has 1 aromatic rings. The standard InChI is InChI=1S/C12H17N3O3S/c1-8-6-9(2)11(10(3)7-8)19(16,17)18-12-14-4-5-15(12)13/h4-7,12,14H,13H2,1-3H3. The van der Waals surface area contributed by atoms with E-state index in [1.54, 1.807) is 13.8 Å². The van der Waals surface area contributed by atoms with Gasteiger partial charge in [-0.3, -0.25) is 5.01 Å². The number of benzene rings is 1. The van der Waals surface area contributed by atoms with Gasteiger partial charge in [-0.1, -0.05) is 17.7 Å². The zero-order valence-corrected chi connectivity index (χ0v) is 11.9. The fourth-order valence-electron chi connectivity index (χ4n) is 2.18. The maximum atomic E-state index is 12.3. The number of nitrogens with two attached hydrogens (primary N) is 1. The molecule has 19 heavy (non-hydrogen) atoms. The first-order valence-corrected chi connectivity index (χ1v) is 7.19. The number of hydrogen-bond donors (Lipinski definition) is 2. The molecule has 0 aromatic heterocycles. The van der Waals surface area contributed by atoms with E-state index in [0.29, 0.717) is 11.1 Å². The molecule has 0 bridgehead atoms. The lowest BCUT2D eigenvalue weighted by atomic mass is 10.1. The summed E-state index contributed by atoms with van der Waals surface area (Å²) in [4.78, 5) is 0.195. The molecule has 1 aliphatic rings. The predicted molar refractivity (Wildman–Crippen MR) is 71.0 cm³/mol. The van der Waals surface area contributed by atoms with Gasteiger partial charge in [-0.25, -0.2) is 10.0 Å². The highest BCUT2D eigenvalue weighted by atomic mass is 32.2. The van der Waals surface area contributed by atoms with Crippen LogP contribution in [0.2, 0.25) is 0 Å². The van der Waals surface area contributed by atoms with Crippen molar-refractivity contribution in [3.05, 3.63) is 41.2 Å². The van der Waals surface area contributed by atoms with Crippen molar-refractivity contribution in [2.24, 2.45) is 5.84 Å². The molecule has 2 rings (SSSR count). The maximum absolute atomic E-state index is 12.3. The van der Waals surface area contributed by atoms with Gasteiger partial charge in [-0.05, 0) is 31.9 Å². The van der Waals surface area contributed by atoms with Crippen LogP contribution in [0.5, 0.6) is 0 Å². The fraction of sp³-hybridized carbons (Fsp3) is 0.333. The molecular formula is C12H17N3O3S. The molecule has 0 spiro atoms. The molecule has 1 heterocycles. The van der Waals surface area contributed by atoms with Crippen LogP contribution in [-0.4, -0.2) is 19.8 Å². The second-order valence-electron chi connectivity index (χ2n) is 4.56. The second kappa shape index (κ2) is 4.84. The maximum Gasteiger partial charge on any atom is 0.301 e. The largest absolute Gasteiger partial charge is 0.346 e. The van der Waals surface area contributed by atoms with Crippen LogP contribution >= 0.6 is 0 Å². The van der Waals surface area contributed by atoms with E-state index < -0.39 is 16.5 Å². The highest BCUT2D eigenvalue weighted by Crippen LogP contribution is 2.24. The summed E-state index contributed by atoms with van der Waals surface area (Å²) in [7, 11) is -3.88. The Balaban J connectivity index is 2.35. The minimum atomic E-state index is -3.88. The zero-order valence-electron chi connectivity index (χ0n) is 11.0. The van der Waals surface area contributed by atoms with Crippen LogP contribution in [0.3, 0.4) is 0 Å². The van der Waals surface area contributed by atoms with E-state index in [1.165, 1.54) is 12.4 Å². The van der Waals surface area contributed by atoms with Crippen molar-refractivity contribution in [2.75, 3.05) is 0 Å². The summed E-state index contributed by atoms with van der Waals surface area (Å²) in [6, 6.07) is 3.62. The molecule has 104 valence electrons. The summed E-state index contributed by atoms with van der Waals surface area (Å²) >= 11 is 0. The first kappa shape index (κ1) is 13.9. The van der Waals surface area contributed by atoms with Gasteiger partial charge >= 0.3 is 10.1 Å². The molecule has 0 aliphatic carbocycles. The van der Waals surface area contributed by atoms with Crippen molar-refractivity contribution in [3.63, 3.8) is 0 Å². The predicted octanol–water partition coefficient (Wildman–Crippen LogP) is 0.851. The highest BCUT2D eigenvalue weighted by Gasteiger charge is 2.28. The summed E-state index contributed by atoms with van der Waals surface area (Å²) in [5.41, 5.74) is 2.33. The van der Waals surface area contributed by atoms with Gasteiger partial charge in [-0.15, -0.1) is 0 Å². The number of hydrogen-bond acceptors (Lipinski definition) is 6. The third kappa shape index (κ3) is 2.73. The summed E-state index contributed by atoms with van der Waals surface area (Å²) in [6.07, 6.45) is 2.11. The van der Waals surface area contributed by atoms with Crippen LogP contribution in [0.4, 0.5) is 0 Å². The van der Waals surface area contributed by atoms with Crippen molar-refractivity contribution >= 4 is 10.1 Å². The first-order valence-electron chi connectivity index (χ1n) is 5.78.